The number of carbonyl (C=O) groups excluding carboxylic acids is 4. The summed E-state index contributed by atoms with van der Waals surface area (Å²) < 4.78 is 5.59. The molecule has 2 atom stereocenters. The number of anilines is 1. The number of ether oxygens (including phenoxy) is 1. The molecule has 1 saturated carbocycles. The Hall–Kier alpha value is -3.75. The Kier molecular flexibility index (Phi) is 5.66. The van der Waals surface area contributed by atoms with Gasteiger partial charge in [-0.25, -0.2) is 4.98 Å². The van der Waals surface area contributed by atoms with E-state index in [0.29, 0.717) is 29.8 Å². The highest BCUT2D eigenvalue weighted by Crippen LogP contribution is 2.37. The van der Waals surface area contributed by atoms with Crippen LogP contribution in [-0.4, -0.2) is 40.1 Å². The molecule has 1 aromatic heterocycles. The normalized spacial score (nSPS) is 20.3. The van der Waals surface area contributed by atoms with Crippen molar-refractivity contribution in [3.8, 4) is 11.6 Å². The molecule has 160 valence electrons. The fourth-order valence-electron chi connectivity index (χ4n) is 4.08. The highest BCUT2D eigenvalue weighted by Gasteiger charge is 2.48. The van der Waals surface area contributed by atoms with Crippen LogP contribution in [0.2, 0.25) is 0 Å². The maximum atomic E-state index is 12.5. The summed E-state index contributed by atoms with van der Waals surface area (Å²) in [6.07, 6.45) is 4.70. The molecule has 0 radical (unpaired) electrons. The van der Waals surface area contributed by atoms with Gasteiger partial charge in [-0.05, 0) is 37.1 Å². The monoisotopic (exact) mass is 422 g/mol. The molecule has 0 bridgehead atoms. The number of carbonyl (C=O) groups is 4. The number of rotatable bonds is 6. The van der Waals surface area contributed by atoms with Gasteiger partial charge in [0.1, 0.15) is 12.3 Å². The molecule has 31 heavy (non-hydrogen) atoms. The molecule has 1 aliphatic carbocycles. The van der Waals surface area contributed by atoms with E-state index in [1.165, 1.54) is 12.3 Å². The molecule has 1 saturated heterocycles. The summed E-state index contributed by atoms with van der Waals surface area (Å²) in [5.41, 5.74) is 5.97. The van der Waals surface area contributed by atoms with Crippen LogP contribution in [0.1, 0.15) is 36.0 Å². The van der Waals surface area contributed by atoms with E-state index in [1.807, 2.05) is 0 Å². The van der Waals surface area contributed by atoms with Crippen LogP contribution in [0, 0.1) is 11.8 Å². The van der Waals surface area contributed by atoms with Gasteiger partial charge in [0.15, 0.2) is 0 Å². The summed E-state index contributed by atoms with van der Waals surface area (Å²) in [5.74, 6) is -1.42. The Balaban J connectivity index is 1.35. The molecular weight excluding hydrogens is 400 g/mol. The molecule has 2 aromatic rings. The number of hydrogen-bond donors (Lipinski definition) is 2. The third kappa shape index (κ3) is 4.40. The first kappa shape index (κ1) is 20.5. The topological polar surface area (TPSA) is 132 Å². The van der Waals surface area contributed by atoms with Crippen molar-refractivity contribution in [2.24, 2.45) is 17.6 Å². The lowest BCUT2D eigenvalue weighted by Gasteiger charge is -2.19. The van der Waals surface area contributed by atoms with E-state index in [0.717, 1.165) is 17.7 Å². The number of hydrogen-bond acceptors (Lipinski definition) is 6. The second-order valence-corrected chi connectivity index (χ2v) is 7.69. The van der Waals surface area contributed by atoms with E-state index >= 15 is 0 Å². The van der Waals surface area contributed by atoms with Crippen LogP contribution in [0.25, 0.3) is 0 Å². The number of imide groups is 1. The highest BCUT2D eigenvalue weighted by molar-refractivity contribution is 6.08. The number of nitrogens with one attached hydrogen (secondary N) is 1. The zero-order valence-corrected chi connectivity index (χ0v) is 16.7. The van der Waals surface area contributed by atoms with Gasteiger partial charge in [0, 0.05) is 11.6 Å². The van der Waals surface area contributed by atoms with Crippen molar-refractivity contribution in [3.63, 3.8) is 0 Å². The number of likely N-dealkylation sites (tertiary alicyclic amines) is 1. The average Bonchev–Trinajstić information content (AvgIpc) is 3.00. The number of nitrogens with two attached hydrogens (primary N) is 1. The minimum absolute atomic E-state index is 0.245. The predicted molar refractivity (Wildman–Crippen MR) is 110 cm³/mol. The van der Waals surface area contributed by atoms with Gasteiger partial charge in [-0.2, -0.15) is 0 Å². The van der Waals surface area contributed by atoms with Gasteiger partial charge in [0.25, 0.3) is 0 Å². The third-order valence-corrected chi connectivity index (χ3v) is 5.60. The Morgan fingerprint density at radius 3 is 2.42 bits per heavy atom. The van der Waals surface area contributed by atoms with Gasteiger partial charge in [-0.3, -0.25) is 24.1 Å². The van der Waals surface area contributed by atoms with Gasteiger partial charge in [-0.1, -0.05) is 18.9 Å². The Bertz CT molecular complexity index is 1010. The van der Waals surface area contributed by atoms with E-state index in [1.54, 1.807) is 30.3 Å². The number of fused-ring (bicyclic) bond motifs is 1. The smallest absolute Gasteiger partial charge is 0.248 e. The Morgan fingerprint density at radius 2 is 1.81 bits per heavy atom. The molecule has 9 nitrogen and oxygen atoms in total. The zero-order chi connectivity index (χ0) is 22.0. The predicted octanol–water partition coefficient (Wildman–Crippen LogP) is 2.09. The van der Waals surface area contributed by atoms with Crippen LogP contribution >= 0.6 is 0 Å². The standard InChI is InChI=1S/C22H22N4O5/c23-20(28)13-4-3-5-15(10-13)31-19-9-8-14(11-24-19)25-18(27)12-26-21(29)16-6-1-2-7-17(16)22(26)30/h3-5,8-11,16-17H,1-2,6-7,12H2,(H2,23,28)(H,25,27). The fourth-order valence-corrected chi connectivity index (χ4v) is 4.08. The first-order chi connectivity index (χ1) is 14.9. The van der Waals surface area contributed by atoms with E-state index in [9.17, 15) is 19.2 Å². The van der Waals surface area contributed by atoms with Crippen molar-refractivity contribution in [1.82, 2.24) is 9.88 Å². The summed E-state index contributed by atoms with van der Waals surface area (Å²) in [6.45, 7) is -0.303. The first-order valence-electron chi connectivity index (χ1n) is 10.1. The molecule has 4 rings (SSSR count). The van der Waals surface area contributed by atoms with Crippen molar-refractivity contribution in [3.05, 3.63) is 48.2 Å². The lowest BCUT2D eigenvalue weighted by atomic mass is 9.81. The second kappa shape index (κ2) is 8.55. The van der Waals surface area contributed by atoms with Crippen LogP contribution in [-0.2, 0) is 14.4 Å². The fraction of sp³-hybridized carbons (Fsp3) is 0.318. The van der Waals surface area contributed by atoms with Crippen molar-refractivity contribution >= 4 is 29.3 Å². The summed E-state index contributed by atoms with van der Waals surface area (Å²) in [7, 11) is 0. The zero-order valence-electron chi connectivity index (χ0n) is 16.7. The quantitative estimate of drug-likeness (QED) is 0.685. The van der Waals surface area contributed by atoms with Crippen LogP contribution in [0.5, 0.6) is 11.6 Å². The first-order valence-corrected chi connectivity index (χ1v) is 10.1. The molecular formula is C22H22N4O5. The largest absolute Gasteiger partial charge is 0.439 e. The minimum Gasteiger partial charge on any atom is -0.439 e. The molecule has 2 heterocycles. The highest BCUT2D eigenvalue weighted by atomic mass is 16.5. The van der Waals surface area contributed by atoms with Crippen LogP contribution in [0.3, 0.4) is 0 Å². The number of benzene rings is 1. The number of nitrogens with zero attached hydrogens (tertiary/aromatic N) is 2. The number of pyridine rings is 1. The summed E-state index contributed by atoms with van der Waals surface area (Å²) in [6, 6.07) is 9.51. The lowest BCUT2D eigenvalue weighted by molar-refractivity contribution is -0.142. The van der Waals surface area contributed by atoms with Gasteiger partial charge in [0.2, 0.25) is 29.5 Å². The molecule has 2 unspecified atom stereocenters. The SMILES string of the molecule is NC(=O)c1cccc(Oc2ccc(NC(=O)CN3C(=O)C4CCCCC4C3=O)cn2)c1. The van der Waals surface area contributed by atoms with Gasteiger partial charge >= 0.3 is 0 Å². The maximum absolute atomic E-state index is 12.5. The summed E-state index contributed by atoms with van der Waals surface area (Å²) in [5, 5.41) is 2.64. The molecule has 2 fully saturated rings. The van der Waals surface area contributed by atoms with Gasteiger partial charge in [-0.15, -0.1) is 0 Å². The van der Waals surface area contributed by atoms with Crippen molar-refractivity contribution in [2.45, 2.75) is 25.7 Å². The number of aromatic nitrogens is 1. The van der Waals surface area contributed by atoms with E-state index < -0.39 is 11.8 Å². The van der Waals surface area contributed by atoms with E-state index in [2.05, 4.69) is 10.3 Å². The molecule has 9 heteroatoms. The third-order valence-electron chi connectivity index (χ3n) is 5.60. The average molecular weight is 422 g/mol. The molecule has 1 aliphatic heterocycles. The van der Waals surface area contributed by atoms with E-state index in [4.69, 9.17) is 10.5 Å². The van der Waals surface area contributed by atoms with Crippen LogP contribution in [0.4, 0.5) is 5.69 Å². The maximum Gasteiger partial charge on any atom is 0.248 e. The van der Waals surface area contributed by atoms with Crippen molar-refractivity contribution in [1.29, 1.82) is 0 Å². The summed E-state index contributed by atoms with van der Waals surface area (Å²) >= 11 is 0. The lowest BCUT2D eigenvalue weighted by Crippen LogP contribution is -2.38. The van der Waals surface area contributed by atoms with Gasteiger partial charge < -0.3 is 15.8 Å². The van der Waals surface area contributed by atoms with Crippen LogP contribution < -0.4 is 15.8 Å². The molecule has 2 aliphatic rings. The molecule has 3 N–H and O–H groups in total. The number of amides is 4. The van der Waals surface area contributed by atoms with Gasteiger partial charge in [0.05, 0.1) is 23.7 Å². The Morgan fingerprint density at radius 1 is 1.10 bits per heavy atom. The van der Waals surface area contributed by atoms with E-state index in [-0.39, 0.29) is 36.1 Å². The second-order valence-electron chi connectivity index (χ2n) is 7.69. The van der Waals surface area contributed by atoms with Crippen LogP contribution in [0.15, 0.2) is 42.6 Å². The minimum atomic E-state index is -0.564. The van der Waals surface area contributed by atoms with Crippen molar-refractivity contribution in [2.75, 3.05) is 11.9 Å². The van der Waals surface area contributed by atoms with Crippen molar-refractivity contribution < 1.29 is 23.9 Å². The molecule has 4 amide bonds. The molecule has 1 aromatic carbocycles. The Labute approximate surface area is 178 Å². The molecule has 0 spiro atoms. The number of primary amides is 1. The summed E-state index contributed by atoms with van der Waals surface area (Å²) in [4.78, 5) is 53.8.